The smallest absolute Gasteiger partial charge is 0.318 e. The molecular formula is C27H37ClN6O3. The molecule has 0 bridgehead atoms. The van der Waals surface area contributed by atoms with Crippen LogP contribution in [-0.2, 0) is 16.6 Å². The minimum absolute atomic E-state index is 0.0692. The highest BCUT2D eigenvalue weighted by molar-refractivity contribution is 6.30. The van der Waals surface area contributed by atoms with Gasteiger partial charge in [-0.2, -0.15) is 5.10 Å². The second-order valence-electron chi connectivity index (χ2n) is 10.6. The van der Waals surface area contributed by atoms with Crippen molar-refractivity contribution in [1.82, 2.24) is 24.7 Å². The number of amides is 3. The number of hydrazone groups is 1. The molecule has 1 saturated heterocycles. The summed E-state index contributed by atoms with van der Waals surface area (Å²) in [6, 6.07) is 10.9. The van der Waals surface area contributed by atoms with Gasteiger partial charge in [0.25, 0.3) is 5.91 Å². The van der Waals surface area contributed by atoms with Gasteiger partial charge in [-0.3, -0.25) is 9.69 Å². The second-order valence-corrected chi connectivity index (χ2v) is 11.1. The van der Waals surface area contributed by atoms with E-state index in [-0.39, 0.29) is 24.5 Å². The number of nitrogens with one attached hydrogen (secondary N) is 1. The van der Waals surface area contributed by atoms with E-state index in [0.29, 0.717) is 37.7 Å². The predicted octanol–water partition coefficient (Wildman–Crippen LogP) is 3.50. The van der Waals surface area contributed by atoms with Crippen LogP contribution in [0, 0.1) is 0 Å². The molecule has 3 amide bonds. The lowest BCUT2D eigenvalue weighted by molar-refractivity contribution is -0.133. The van der Waals surface area contributed by atoms with Gasteiger partial charge in [0.15, 0.2) is 0 Å². The van der Waals surface area contributed by atoms with Gasteiger partial charge in [0, 0.05) is 56.4 Å². The van der Waals surface area contributed by atoms with Crippen LogP contribution in [0.25, 0.3) is 0 Å². The van der Waals surface area contributed by atoms with Gasteiger partial charge in [-0.05, 0) is 50.6 Å². The van der Waals surface area contributed by atoms with Gasteiger partial charge < -0.3 is 19.5 Å². The maximum atomic E-state index is 13.8. The Bertz CT molecular complexity index is 1120. The molecular weight excluding hydrogens is 492 g/mol. The predicted molar refractivity (Wildman–Crippen MR) is 145 cm³/mol. The lowest BCUT2D eigenvalue weighted by atomic mass is 10.0. The highest BCUT2D eigenvalue weighted by atomic mass is 35.5. The number of rotatable bonds is 7. The average Bonchev–Trinajstić information content (AvgIpc) is 3.48. The first-order chi connectivity index (χ1) is 17.6. The summed E-state index contributed by atoms with van der Waals surface area (Å²) < 4.78 is 7.44. The van der Waals surface area contributed by atoms with Gasteiger partial charge in [0.2, 0.25) is 0 Å². The van der Waals surface area contributed by atoms with Gasteiger partial charge in [0.1, 0.15) is 6.54 Å². The minimum atomic E-state index is -0.422. The van der Waals surface area contributed by atoms with E-state index in [1.807, 2.05) is 75.0 Å². The molecule has 1 aromatic heterocycles. The van der Waals surface area contributed by atoms with Crippen LogP contribution in [0.5, 0.6) is 0 Å². The van der Waals surface area contributed by atoms with Crippen molar-refractivity contribution in [3.63, 3.8) is 0 Å². The number of ether oxygens (including phenoxy) is 1. The Morgan fingerprint density at radius 2 is 1.86 bits per heavy atom. The summed E-state index contributed by atoms with van der Waals surface area (Å²) in [5.74, 6) is -0.227. The van der Waals surface area contributed by atoms with E-state index in [4.69, 9.17) is 21.4 Å². The van der Waals surface area contributed by atoms with Crippen molar-refractivity contribution in [2.45, 2.75) is 38.8 Å². The van der Waals surface area contributed by atoms with Gasteiger partial charge in [0.05, 0.1) is 30.7 Å². The lowest BCUT2D eigenvalue weighted by Crippen LogP contribution is -2.53. The van der Waals surface area contributed by atoms with Gasteiger partial charge in [-0.25, -0.2) is 9.80 Å². The highest BCUT2D eigenvalue weighted by Crippen LogP contribution is 2.33. The quantitative estimate of drug-likeness (QED) is 0.596. The number of aromatic nitrogens is 1. The molecule has 9 nitrogen and oxygen atoms in total. The molecule has 1 aromatic carbocycles. The maximum absolute atomic E-state index is 13.8. The normalized spacial score (nSPS) is 18.6. The zero-order valence-corrected chi connectivity index (χ0v) is 22.9. The number of hydrogen-bond acceptors (Lipinski definition) is 5. The van der Waals surface area contributed by atoms with E-state index in [2.05, 4.69) is 10.2 Å². The lowest BCUT2D eigenvalue weighted by Gasteiger charge is -2.32. The summed E-state index contributed by atoms with van der Waals surface area (Å²) in [4.78, 5) is 30.8. The average molecular weight is 529 g/mol. The minimum Gasteiger partial charge on any atom is -0.379 e. The standard InChI is InChI=1S/C27H37ClN6O3/c1-27(2,3)29-26(36)33(13-12-32-14-16-37-17-15-32)19-25(35)34-24(20-7-9-21(28)10-8-20)18-22(30-34)23-6-5-11-31(23)4/h5-11,24H,12-19H2,1-4H3,(H,29,36). The Morgan fingerprint density at radius 1 is 1.16 bits per heavy atom. The molecule has 3 heterocycles. The fourth-order valence-electron chi connectivity index (χ4n) is 4.58. The van der Waals surface area contributed by atoms with Crippen LogP contribution in [0.4, 0.5) is 4.79 Å². The number of morpholine rings is 1. The Kier molecular flexibility index (Phi) is 8.56. The van der Waals surface area contributed by atoms with Crippen molar-refractivity contribution in [2.75, 3.05) is 45.9 Å². The van der Waals surface area contributed by atoms with E-state index >= 15 is 0 Å². The second kappa shape index (κ2) is 11.7. The molecule has 1 atom stereocenters. The van der Waals surface area contributed by atoms with Crippen LogP contribution >= 0.6 is 11.6 Å². The molecule has 10 heteroatoms. The van der Waals surface area contributed by atoms with Crippen LogP contribution in [-0.4, -0.2) is 88.5 Å². The third-order valence-electron chi connectivity index (χ3n) is 6.55. The van der Waals surface area contributed by atoms with Crippen molar-refractivity contribution < 1.29 is 14.3 Å². The van der Waals surface area contributed by atoms with Crippen molar-refractivity contribution in [3.8, 4) is 0 Å². The molecule has 2 aromatic rings. The molecule has 2 aliphatic heterocycles. The van der Waals surface area contributed by atoms with Gasteiger partial charge in [-0.1, -0.05) is 23.7 Å². The van der Waals surface area contributed by atoms with Crippen molar-refractivity contribution in [1.29, 1.82) is 0 Å². The van der Waals surface area contributed by atoms with Crippen LogP contribution in [0.1, 0.15) is 44.5 Å². The van der Waals surface area contributed by atoms with Crippen molar-refractivity contribution in [2.24, 2.45) is 12.1 Å². The SMILES string of the molecule is Cn1cccc1C1=NN(C(=O)CN(CCN2CCOCC2)C(=O)NC(C)(C)C)C(c2ccc(Cl)cc2)C1. The summed E-state index contributed by atoms with van der Waals surface area (Å²) in [6.45, 7) is 9.83. The molecule has 0 radical (unpaired) electrons. The molecule has 0 spiro atoms. The topological polar surface area (TPSA) is 82.4 Å². The summed E-state index contributed by atoms with van der Waals surface area (Å²) >= 11 is 6.13. The molecule has 1 N–H and O–H groups in total. The fourth-order valence-corrected chi connectivity index (χ4v) is 4.70. The molecule has 0 aliphatic carbocycles. The van der Waals surface area contributed by atoms with Crippen molar-refractivity contribution >= 4 is 29.3 Å². The van der Waals surface area contributed by atoms with Crippen LogP contribution in [0.3, 0.4) is 0 Å². The third kappa shape index (κ3) is 7.12. The molecule has 200 valence electrons. The summed E-state index contributed by atoms with van der Waals surface area (Å²) in [5.41, 5.74) is 2.32. The number of nitrogens with zero attached hydrogens (tertiary/aromatic N) is 5. The first kappa shape index (κ1) is 27.2. The molecule has 4 rings (SSSR count). The summed E-state index contributed by atoms with van der Waals surface area (Å²) in [6.07, 6.45) is 2.54. The number of hydrogen-bond donors (Lipinski definition) is 1. The van der Waals surface area contributed by atoms with Crippen LogP contribution in [0.2, 0.25) is 5.02 Å². The molecule has 1 unspecified atom stereocenters. The van der Waals surface area contributed by atoms with Crippen molar-refractivity contribution in [3.05, 3.63) is 58.9 Å². The first-order valence-corrected chi connectivity index (χ1v) is 13.1. The number of benzene rings is 1. The largest absolute Gasteiger partial charge is 0.379 e. The van der Waals surface area contributed by atoms with Gasteiger partial charge >= 0.3 is 6.03 Å². The van der Waals surface area contributed by atoms with E-state index in [1.54, 1.807) is 4.90 Å². The molecule has 2 aliphatic rings. The summed E-state index contributed by atoms with van der Waals surface area (Å²) in [5, 5.41) is 9.95. The van der Waals surface area contributed by atoms with E-state index in [9.17, 15) is 9.59 Å². The Morgan fingerprint density at radius 3 is 2.49 bits per heavy atom. The maximum Gasteiger partial charge on any atom is 0.318 e. The number of carbonyl (C=O) groups excluding carboxylic acids is 2. The van der Waals surface area contributed by atoms with Crippen LogP contribution < -0.4 is 5.32 Å². The number of halogens is 1. The summed E-state index contributed by atoms with van der Waals surface area (Å²) in [7, 11) is 1.96. The number of carbonyl (C=O) groups is 2. The monoisotopic (exact) mass is 528 g/mol. The fraction of sp³-hybridized carbons (Fsp3) is 0.519. The van der Waals surface area contributed by atoms with Crippen LogP contribution in [0.15, 0.2) is 47.7 Å². The van der Waals surface area contributed by atoms with Gasteiger partial charge in [-0.15, -0.1) is 0 Å². The zero-order valence-electron chi connectivity index (χ0n) is 22.1. The zero-order chi connectivity index (χ0) is 26.6. The third-order valence-corrected chi connectivity index (χ3v) is 6.80. The number of urea groups is 1. The molecule has 0 saturated carbocycles. The Balaban J connectivity index is 1.56. The highest BCUT2D eigenvalue weighted by Gasteiger charge is 2.35. The first-order valence-electron chi connectivity index (χ1n) is 12.7. The Hall–Kier alpha value is -2.88. The molecule has 37 heavy (non-hydrogen) atoms. The molecule has 1 fully saturated rings. The van der Waals surface area contributed by atoms with E-state index in [1.165, 1.54) is 5.01 Å². The van der Waals surface area contributed by atoms with E-state index < -0.39 is 5.54 Å². The van der Waals surface area contributed by atoms with E-state index in [0.717, 1.165) is 30.1 Å². The Labute approximate surface area is 224 Å². The number of aryl methyl sites for hydroxylation is 1.